The Labute approximate surface area is 179 Å². The summed E-state index contributed by atoms with van der Waals surface area (Å²) >= 11 is 1.72. The highest BCUT2D eigenvalue weighted by molar-refractivity contribution is 7.17. The molecule has 5 nitrogen and oxygen atoms in total. The minimum absolute atomic E-state index is 0.0382. The lowest BCUT2D eigenvalue weighted by Gasteiger charge is -2.11. The second-order valence-electron chi connectivity index (χ2n) is 8.29. The zero-order valence-corrected chi connectivity index (χ0v) is 17.8. The van der Waals surface area contributed by atoms with Crippen molar-refractivity contribution < 1.29 is 0 Å². The highest BCUT2D eigenvalue weighted by atomic mass is 32.1. The topological polar surface area (TPSA) is 60.7 Å². The first-order valence-electron chi connectivity index (χ1n) is 10.5. The third kappa shape index (κ3) is 3.92. The van der Waals surface area contributed by atoms with Crippen molar-refractivity contribution >= 4 is 21.6 Å². The lowest BCUT2D eigenvalue weighted by Crippen LogP contribution is -2.15. The fourth-order valence-electron chi connectivity index (χ4n) is 4.51. The van der Waals surface area contributed by atoms with Crippen LogP contribution >= 0.6 is 11.3 Å². The number of nitrogens with zero attached hydrogens (tertiary/aromatic N) is 4. The van der Waals surface area contributed by atoms with E-state index in [0.29, 0.717) is 11.8 Å². The van der Waals surface area contributed by atoms with Gasteiger partial charge in [0.25, 0.3) is 5.56 Å². The molecule has 152 valence electrons. The van der Waals surface area contributed by atoms with Crippen LogP contribution in [0.1, 0.15) is 36.3 Å². The van der Waals surface area contributed by atoms with Crippen LogP contribution in [0.5, 0.6) is 0 Å². The Bertz CT molecular complexity index is 1230. The molecule has 5 rings (SSSR count). The minimum Gasteiger partial charge on any atom is -0.283 e. The molecule has 0 bridgehead atoms. The molecule has 6 heteroatoms. The van der Waals surface area contributed by atoms with Crippen molar-refractivity contribution in [3.8, 4) is 5.69 Å². The number of thiophene rings is 1. The Balaban J connectivity index is 1.21. The highest BCUT2D eigenvalue weighted by Gasteiger charge is 2.26. The van der Waals surface area contributed by atoms with Gasteiger partial charge in [-0.05, 0) is 73.6 Å². The van der Waals surface area contributed by atoms with Gasteiger partial charge in [-0.1, -0.05) is 6.07 Å². The lowest BCUT2D eigenvalue weighted by atomic mass is 9.97. The van der Waals surface area contributed by atoms with E-state index in [1.54, 1.807) is 40.4 Å². The van der Waals surface area contributed by atoms with Gasteiger partial charge in [-0.25, -0.2) is 9.97 Å². The molecule has 4 aromatic heterocycles. The molecule has 30 heavy (non-hydrogen) atoms. The molecular formula is C24H24N4OS. The number of rotatable bonds is 5. The fourth-order valence-corrected chi connectivity index (χ4v) is 5.35. The largest absolute Gasteiger partial charge is 0.283 e. The van der Waals surface area contributed by atoms with Crippen LogP contribution in [0.4, 0.5) is 0 Å². The van der Waals surface area contributed by atoms with Crippen LogP contribution in [0.2, 0.25) is 0 Å². The molecule has 4 aromatic rings. The van der Waals surface area contributed by atoms with Gasteiger partial charge in [0.15, 0.2) is 0 Å². The first-order chi connectivity index (χ1) is 14.7. The summed E-state index contributed by atoms with van der Waals surface area (Å²) in [5.41, 5.74) is 4.23. The summed E-state index contributed by atoms with van der Waals surface area (Å²) in [6.45, 7) is 2.12. The van der Waals surface area contributed by atoms with E-state index in [2.05, 4.69) is 28.3 Å². The highest BCUT2D eigenvalue weighted by Crippen LogP contribution is 2.35. The molecule has 0 aromatic carbocycles. The Kier molecular flexibility index (Phi) is 5.17. The quantitative estimate of drug-likeness (QED) is 0.471. The van der Waals surface area contributed by atoms with Gasteiger partial charge < -0.3 is 0 Å². The van der Waals surface area contributed by atoms with Gasteiger partial charge in [-0.3, -0.25) is 14.3 Å². The summed E-state index contributed by atoms with van der Waals surface area (Å²) in [6, 6.07) is 9.21. The molecule has 0 saturated heterocycles. The first kappa shape index (κ1) is 19.1. The fraction of sp³-hybridized carbons (Fsp3) is 0.333. The molecule has 0 radical (unpaired) electrons. The number of aromatic nitrogens is 4. The zero-order chi connectivity index (χ0) is 20.5. The van der Waals surface area contributed by atoms with Gasteiger partial charge in [0.1, 0.15) is 5.82 Å². The van der Waals surface area contributed by atoms with Gasteiger partial charge in [0.2, 0.25) is 0 Å². The van der Waals surface area contributed by atoms with E-state index >= 15 is 0 Å². The van der Waals surface area contributed by atoms with Crippen LogP contribution in [0, 0.1) is 18.8 Å². The number of hydrogen-bond acceptors (Lipinski definition) is 5. The van der Waals surface area contributed by atoms with Crippen molar-refractivity contribution in [3.05, 3.63) is 81.7 Å². The smallest absolute Gasteiger partial charge is 0.255 e. The molecule has 0 amide bonds. The average molecular weight is 417 g/mol. The van der Waals surface area contributed by atoms with E-state index in [1.165, 1.54) is 29.5 Å². The summed E-state index contributed by atoms with van der Waals surface area (Å²) in [7, 11) is 0. The molecule has 0 spiro atoms. The Morgan fingerprint density at radius 1 is 1.07 bits per heavy atom. The summed E-state index contributed by atoms with van der Waals surface area (Å²) < 4.78 is 2.79. The Morgan fingerprint density at radius 3 is 2.73 bits per heavy atom. The van der Waals surface area contributed by atoms with Crippen molar-refractivity contribution in [1.29, 1.82) is 0 Å². The van der Waals surface area contributed by atoms with Crippen molar-refractivity contribution in [2.45, 2.75) is 39.0 Å². The van der Waals surface area contributed by atoms with Crippen LogP contribution in [-0.4, -0.2) is 19.5 Å². The van der Waals surface area contributed by atoms with E-state index in [9.17, 15) is 4.79 Å². The van der Waals surface area contributed by atoms with E-state index < -0.39 is 0 Å². The van der Waals surface area contributed by atoms with Gasteiger partial charge >= 0.3 is 0 Å². The van der Waals surface area contributed by atoms with Gasteiger partial charge in [-0.15, -0.1) is 11.3 Å². The van der Waals surface area contributed by atoms with Crippen LogP contribution in [-0.2, 0) is 12.8 Å². The van der Waals surface area contributed by atoms with Gasteiger partial charge in [0.05, 0.1) is 22.1 Å². The van der Waals surface area contributed by atoms with Crippen LogP contribution < -0.4 is 5.56 Å². The lowest BCUT2D eigenvalue weighted by molar-refractivity contribution is 0.477. The SMILES string of the molecule is Cc1csc2cnc(C[C@H]3CC[C@H](Cc4ccc(-n5ccccc5=O)cn4)C3)nc12. The summed E-state index contributed by atoms with van der Waals surface area (Å²) in [6.07, 6.45) is 11.2. The number of pyridine rings is 2. The third-order valence-corrected chi connectivity index (χ3v) is 7.09. The molecule has 4 heterocycles. The maximum absolute atomic E-state index is 12.0. The molecule has 1 aliphatic carbocycles. The minimum atomic E-state index is -0.0382. The number of aryl methyl sites for hydroxylation is 1. The summed E-state index contributed by atoms with van der Waals surface area (Å²) in [5, 5.41) is 2.15. The van der Waals surface area contributed by atoms with Crippen molar-refractivity contribution in [3.63, 3.8) is 0 Å². The van der Waals surface area contributed by atoms with Crippen molar-refractivity contribution in [2.24, 2.45) is 11.8 Å². The van der Waals surface area contributed by atoms with Gasteiger partial charge in [-0.2, -0.15) is 0 Å². The van der Waals surface area contributed by atoms with E-state index in [-0.39, 0.29) is 5.56 Å². The van der Waals surface area contributed by atoms with Crippen molar-refractivity contribution in [1.82, 2.24) is 19.5 Å². The normalized spacial score (nSPS) is 18.8. The van der Waals surface area contributed by atoms with Crippen molar-refractivity contribution in [2.75, 3.05) is 0 Å². The first-order valence-corrected chi connectivity index (χ1v) is 11.4. The van der Waals surface area contributed by atoms with E-state index in [1.807, 2.05) is 18.3 Å². The second-order valence-corrected chi connectivity index (χ2v) is 9.20. The molecule has 0 unspecified atom stereocenters. The number of hydrogen-bond donors (Lipinski definition) is 0. The second kappa shape index (κ2) is 8.11. The standard InChI is InChI=1S/C24H24N4OS/c1-16-15-30-21-14-26-22(27-24(16)21)12-18-6-5-17(10-18)11-19-7-8-20(13-25-19)28-9-3-2-4-23(28)29/h2-4,7-9,13-15,17-18H,5-6,10-12H2,1H3/t17-,18-/m0/s1. The molecular weight excluding hydrogens is 392 g/mol. The van der Waals surface area contributed by atoms with E-state index in [4.69, 9.17) is 4.98 Å². The van der Waals surface area contributed by atoms with Crippen LogP contribution in [0.3, 0.4) is 0 Å². The predicted octanol–water partition coefficient (Wildman–Crippen LogP) is 4.75. The molecule has 1 aliphatic rings. The number of fused-ring (bicyclic) bond motifs is 1. The average Bonchev–Trinajstić information content (AvgIpc) is 3.35. The molecule has 0 N–H and O–H groups in total. The summed E-state index contributed by atoms with van der Waals surface area (Å²) in [5.74, 6) is 2.28. The Morgan fingerprint density at radius 2 is 1.93 bits per heavy atom. The maximum atomic E-state index is 12.0. The van der Waals surface area contributed by atoms with Crippen LogP contribution in [0.25, 0.3) is 15.9 Å². The van der Waals surface area contributed by atoms with Gasteiger partial charge in [0, 0.05) is 30.6 Å². The maximum Gasteiger partial charge on any atom is 0.255 e. The molecule has 1 fully saturated rings. The van der Waals surface area contributed by atoms with E-state index in [0.717, 1.165) is 35.6 Å². The Hall–Kier alpha value is -2.86. The molecule has 2 atom stereocenters. The third-order valence-electron chi connectivity index (χ3n) is 6.07. The summed E-state index contributed by atoms with van der Waals surface area (Å²) in [4.78, 5) is 26.0. The van der Waals surface area contributed by atoms with Crippen LogP contribution in [0.15, 0.2) is 59.1 Å². The monoisotopic (exact) mass is 416 g/mol. The zero-order valence-electron chi connectivity index (χ0n) is 17.0. The molecule has 1 saturated carbocycles. The predicted molar refractivity (Wildman–Crippen MR) is 120 cm³/mol. The molecule has 0 aliphatic heterocycles.